The van der Waals surface area contributed by atoms with Crippen LogP contribution in [0.2, 0.25) is 0 Å². The van der Waals surface area contributed by atoms with Crippen molar-refractivity contribution in [3.05, 3.63) is 60.4 Å². The number of aliphatic hydroxyl groups is 1. The summed E-state index contributed by atoms with van der Waals surface area (Å²) >= 11 is 0. The third-order valence-corrected chi connectivity index (χ3v) is 4.54. The fourth-order valence-corrected chi connectivity index (χ4v) is 3.11. The average Bonchev–Trinajstić information content (AvgIpc) is 2.72. The van der Waals surface area contributed by atoms with Crippen molar-refractivity contribution in [1.82, 2.24) is 15.2 Å². The van der Waals surface area contributed by atoms with Crippen molar-refractivity contribution >= 4 is 11.6 Å². The maximum atomic E-state index is 10.3. The summed E-state index contributed by atoms with van der Waals surface area (Å²) in [6.45, 7) is 6.95. The van der Waals surface area contributed by atoms with Crippen LogP contribution in [0.4, 0.5) is 5.69 Å². The third-order valence-electron chi connectivity index (χ3n) is 4.54. The number of benzene rings is 1. The molecule has 26 heavy (non-hydrogen) atoms. The van der Waals surface area contributed by atoms with Crippen molar-refractivity contribution in [2.75, 3.05) is 44.2 Å². The zero-order valence-corrected chi connectivity index (χ0v) is 15.3. The number of aromatic nitrogens is 1. The fraction of sp³-hybridized carbons (Fsp3) is 0.400. The van der Waals surface area contributed by atoms with Crippen LogP contribution in [0.25, 0.3) is 0 Å². The van der Waals surface area contributed by atoms with E-state index in [9.17, 15) is 5.11 Å². The van der Waals surface area contributed by atoms with Crippen LogP contribution < -0.4 is 10.2 Å². The number of hydrogen-bond donors (Lipinski definition) is 2. The van der Waals surface area contributed by atoms with Gasteiger partial charge in [-0.1, -0.05) is 18.2 Å². The molecule has 1 aliphatic heterocycles. The topological polar surface area (TPSA) is 64.0 Å². The van der Waals surface area contributed by atoms with Gasteiger partial charge in [0.15, 0.2) is 5.96 Å². The summed E-state index contributed by atoms with van der Waals surface area (Å²) in [5.41, 5.74) is 2.11. The number of aliphatic hydroxyl groups excluding tert-OH is 1. The molecule has 2 aromatic rings. The Labute approximate surface area is 155 Å². The quantitative estimate of drug-likeness (QED) is 0.635. The Morgan fingerprint density at radius 1 is 1.12 bits per heavy atom. The van der Waals surface area contributed by atoms with Crippen LogP contribution >= 0.6 is 0 Å². The smallest absolute Gasteiger partial charge is 0.194 e. The van der Waals surface area contributed by atoms with E-state index in [4.69, 9.17) is 0 Å². The SMILES string of the molecule is CCNC(=NCC(O)c1ccncc1)N1CCN(c2ccccc2)CC1. The van der Waals surface area contributed by atoms with Crippen LogP contribution in [0, 0.1) is 0 Å². The molecule has 0 aliphatic carbocycles. The van der Waals surface area contributed by atoms with E-state index >= 15 is 0 Å². The van der Waals surface area contributed by atoms with Crippen LogP contribution in [0.3, 0.4) is 0 Å². The predicted molar refractivity (Wildman–Crippen MR) is 105 cm³/mol. The molecule has 2 heterocycles. The van der Waals surface area contributed by atoms with E-state index in [-0.39, 0.29) is 0 Å². The fourth-order valence-electron chi connectivity index (χ4n) is 3.11. The molecule has 2 N–H and O–H groups in total. The maximum Gasteiger partial charge on any atom is 0.194 e. The van der Waals surface area contributed by atoms with Gasteiger partial charge in [-0.15, -0.1) is 0 Å². The first-order chi connectivity index (χ1) is 12.8. The van der Waals surface area contributed by atoms with E-state index in [1.54, 1.807) is 12.4 Å². The Morgan fingerprint density at radius 3 is 2.46 bits per heavy atom. The van der Waals surface area contributed by atoms with Crippen LogP contribution in [0.1, 0.15) is 18.6 Å². The molecule has 0 spiro atoms. The molecule has 3 rings (SSSR count). The van der Waals surface area contributed by atoms with Gasteiger partial charge in [0.1, 0.15) is 0 Å². The molecule has 1 saturated heterocycles. The summed E-state index contributed by atoms with van der Waals surface area (Å²) < 4.78 is 0. The minimum absolute atomic E-state index is 0.339. The summed E-state index contributed by atoms with van der Waals surface area (Å²) in [4.78, 5) is 13.3. The number of rotatable bonds is 5. The van der Waals surface area contributed by atoms with Crippen molar-refractivity contribution < 1.29 is 5.11 Å². The lowest BCUT2D eigenvalue weighted by Gasteiger charge is -2.37. The molecule has 1 unspecified atom stereocenters. The number of para-hydroxylation sites is 1. The highest BCUT2D eigenvalue weighted by Gasteiger charge is 2.20. The number of nitrogens with one attached hydrogen (secondary N) is 1. The predicted octanol–water partition coefficient (Wildman–Crippen LogP) is 1.90. The largest absolute Gasteiger partial charge is 0.386 e. The van der Waals surface area contributed by atoms with Crippen LogP contribution in [0.5, 0.6) is 0 Å². The molecular weight excluding hydrogens is 326 g/mol. The van der Waals surface area contributed by atoms with Crippen LogP contribution in [-0.4, -0.2) is 60.2 Å². The lowest BCUT2D eigenvalue weighted by Crippen LogP contribution is -2.52. The number of nitrogens with zero attached hydrogens (tertiary/aromatic N) is 4. The van der Waals surface area contributed by atoms with E-state index in [0.29, 0.717) is 6.54 Å². The Kier molecular flexibility index (Phi) is 6.44. The first-order valence-corrected chi connectivity index (χ1v) is 9.19. The average molecular weight is 353 g/mol. The van der Waals surface area contributed by atoms with Crippen LogP contribution in [0.15, 0.2) is 59.9 Å². The highest BCUT2D eigenvalue weighted by atomic mass is 16.3. The summed E-state index contributed by atoms with van der Waals surface area (Å²) in [6.07, 6.45) is 2.77. The molecular formula is C20H27N5O. The van der Waals surface area contributed by atoms with E-state index in [0.717, 1.165) is 44.2 Å². The van der Waals surface area contributed by atoms with Gasteiger partial charge in [-0.3, -0.25) is 9.98 Å². The molecule has 1 aromatic carbocycles. The maximum absolute atomic E-state index is 10.3. The molecule has 1 aromatic heterocycles. The monoisotopic (exact) mass is 353 g/mol. The number of piperazine rings is 1. The molecule has 1 fully saturated rings. The van der Waals surface area contributed by atoms with Gasteiger partial charge in [-0.05, 0) is 36.8 Å². The standard InChI is InChI=1S/C20H27N5O/c1-2-22-20(23-16-19(26)17-8-10-21-11-9-17)25-14-12-24(13-15-25)18-6-4-3-5-7-18/h3-11,19,26H,2,12-16H2,1H3,(H,22,23). The van der Waals surface area contributed by atoms with Gasteiger partial charge >= 0.3 is 0 Å². The van der Waals surface area contributed by atoms with Gasteiger partial charge in [-0.25, -0.2) is 0 Å². The zero-order valence-electron chi connectivity index (χ0n) is 15.3. The molecule has 1 atom stereocenters. The number of aliphatic imine (C=N–C) groups is 1. The summed E-state index contributed by atoms with van der Waals surface area (Å²) in [7, 11) is 0. The molecule has 6 heteroatoms. The van der Waals surface area contributed by atoms with E-state index in [1.165, 1.54) is 5.69 Å². The number of guanidine groups is 1. The third kappa shape index (κ3) is 4.73. The molecule has 0 amide bonds. The second kappa shape index (κ2) is 9.20. The lowest BCUT2D eigenvalue weighted by molar-refractivity contribution is 0.186. The van der Waals surface area contributed by atoms with Crippen LogP contribution in [-0.2, 0) is 0 Å². The molecule has 6 nitrogen and oxygen atoms in total. The minimum Gasteiger partial charge on any atom is -0.386 e. The second-order valence-electron chi connectivity index (χ2n) is 6.30. The van der Waals surface area contributed by atoms with E-state index < -0.39 is 6.10 Å². The van der Waals surface area contributed by atoms with Crippen molar-refractivity contribution in [3.8, 4) is 0 Å². The summed E-state index contributed by atoms with van der Waals surface area (Å²) in [5, 5.41) is 13.7. The van der Waals surface area contributed by atoms with Gasteiger partial charge in [-0.2, -0.15) is 0 Å². The Balaban J connectivity index is 1.59. The molecule has 138 valence electrons. The Bertz CT molecular complexity index is 684. The number of anilines is 1. The van der Waals surface area contributed by atoms with E-state index in [2.05, 4.69) is 56.3 Å². The van der Waals surface area contributed by atoms with Gasteiger partial charge in [0, 0.05) is 50.8 Å². The Morgan fingerprint density at radius 2 is 1.81 bits per heavy atom. The highest BCUT2D eigenvalue weighted by molar-refractivity contribution is 5.80. The molecule has 0 radical (unpaired) electrons. The van der Waals surface area contributed by atoms with Gasteiger partial charge in [0.2, 0.25) is 0 Å². The molecule has 0 saturated carbocycles. The van der Waals surface area contributed by atoms with Crippen molar-refractivity contribution in [2.24, 2.45) is 4.99 Å². The normalized spacial score (nSPS) is 16.5. The first kappa shape index (κ1) is 18.2. The zero-order chi connectivity index (χ0) is 18.2. The van der Waals surface area contributed by atoms with Crippen molar-refractivity contribution in [2.45, 2.75) is 13.0 Å². The van der Waals surface area contributed by atoms with Crippen molar-refractivity contribution in [3.63, 3.8) is 0 Å². The van der Waals surface area contributed by atoms with E-state index in [1.807, 2.05) is 18.2 Å². The van der Waals surface area contributed by atoms with Gasteiger partial charge < -0.3 is 20.2 Å². The minimum atomic E-state index is -0.614. The Hall–Kier alpha value is -2.60. The number of pyridine rings is 1. The van der Waals surface area contributed by atoms with Gasteiger partial charge in [0.05, 0.1) is 12.6 Å². The number of hydrogen-bond acceptors (Lipinski definition) is 4. The first-order valence-electron chi connectivity index (χ1n) is 9.19. The highest BCUT2D eigenvalue weighted by Crippen LogP contribution is 2.16. The van der Waals surface area contributed by atoms with Gasteiger partial charge in [0.25, 0.3) is 0 Å². The second-order valence-corrected chi connectivity index (χ2v) is 6.30. The lowest BCUT2D eigenvalue weighted by atomic mass is 10.1. The van der Waals surface area contributed by atoms with Crippen molar-refractivity contribution in [1.29, 1.82) is 0 Å². The summed E-state index contributed by atoms with van der Waals surface area (Å²) in [6, 6.07) is 14.2. The molecule has 1 aliphatic rings. The summed E-state index contributed by atoms with van der Waals surface area (Å²) in [5.74, 6) is 0.869. The molecule has 0 bridgehead atoms.